The Labute approximate surface area is 191 Å². The number of anilines is 2. The molecule has 1 amide bonds. The van der Waals surface area contributed by atoms with Crippen molar-refractivity contribution >= 4 is 39.5 Å². The molecule has 2 heterocycles. The van der Waals surface area contributed by atoms with E-state index in [0.717, 1.165) is 53.1 Å². The van der Waals surface area contributed by atoms with Gasteiger partial charge in [-0.05, 0) is 12.1 Å². The van der Waals surface area contributed by atoms with Crippen molar-refractivity contribution in [2.24, 2.45) is 0 Å². The molecule has 9 heteroatoms. The van der Waals surface area contributed by atoms with Crippen molar-refractivity contribution in [2.45, 2.75) is 0 Å². The molecule has 1 aliphatic heterocycles. The summed E-state index contributed by atoms with van der Waals surface area (Å²) in [5.41, 5.74) is 2.54. The van der Waals surface area contributed by atoms with Gasteiger partial charge < -0.3 is 28.7 Å². The highest BCUT2D eigenvalue weighted by Gasteiger charge is 2.23. The Morgan fingerprint density at radius 2 is 1.62 bits per heavy atom. The van der Waals surface area contributed by atoms with E-state index in [9.17, 15) is 4.79 Å². The molecule has 0 aliphatic carbocycles. The lowest BCUT2D eigenvalue weighted by Gasteiger charge is -2.36. The minimum atomic E-state index is -0.0388. The average Bonchev–Trinajstić information content (AvgIpc) is 2.86. The number of fused-ring (bicyclic) bond motifs is 1. The third-order valence-corrected chi connectivity index (χ3v) is 6.12. The van der Waals surface area contributed by atoms with Gasteiger partial charge in [-0.15, -0.1) is 0 Å². The number of pyridine rings is 1. The van der Waals surface area contributed by atoms with E-state index in [2.05, 4.69) is 14.6 Å². The van der Waals surface area contributed by atoms with E-state index in [1.54, 1.807) is 21.3 Å². The monoisotopic (exact) mass is 454 g/mol. The van der Waals surface area contributed by atoms with Crippen LogP contribution in [-0.4, -0.2) is 62.6 Å². The lowest BCUT2D eigenvalue weighted by Crippen LogP contribution is -2.47. The van der Waals surface area contributed by atoms with Gasteiger partial charge in [0.1, 0.15) is 17.2 Å². The number of rotatable bonds is 6. The standard InChI is InChI=1S/C23H26N4O4S/c1-29-18-13-17(14-19(15-18)30-2)26-8-10-27(11-9-26)23(28)32-25-21-12-16-6-4-5-7-20(16)24-22(21)31-3/h4-7,12-15,25H,8-11H2,1-3H3. The van der Waals surface area contributed by atoms with E-state index in [1.165, 1.54) is 0 Å². The van der Waals surface area contributed by atoms with Crippen molar-refractivity contribution in [3.63, 3.8) is 0 Å². The Balaban J connectivity index is 1.37. The van der Waals surface area contributed by atoms with Crippen molar-refractivity contribution in [3.05, 3.63) is 48.5 Å². The minimum Gasteiger partial charge on any atom is -0.497 e. The van der Waals surface area contributed by atoms with Crippen LogP contribution in [0.5, 0.6) is 17.4 Å². The smallest absolute Gasteiger partial charge is 0.302 e. The normalized spacial score (nSPS) is 13.7. The second kappa shape index (κ2) is 9.86. The van der Waals surface area contributed by atoms with E-state index in [4.69, 9.17) is 14.2 Å². The van der Waals surface area contributed by atoms with Gasteiger partial charge in [-0.1, -0.05) is 18.2 Å². The number of benzene rings is 2. The maximum atomic E-state index is 12.8. The van der Waals surface area contributed by atoms with Crippen LogP contribution in [0.3, 0.4) is 0 Å². The molecule has 3 aromatic rings. The molecule has 1 saturated heterocycles. The first-order valence-electron chi connectivity index (χ1n) is 10.2. The molecule has 0 atom stereocenters. The molecular weight excluding hydrogens is 428 g/mol. The number of ether oxygens (including phenoxy) is 3. The summed E-state index contributed by atoms with van der Waals surface area (Å²) < 4.78 is 19.2. The fraction of sp³-hybridized carbons (Fsp3) is 0.304. The molecule has 2 aromatic carbocycles. The molecule has 0 unspecified atom stereocenters. The Morgan fingerprint density at radius 1 is 0.938 bits per heavy atom. The van der Waals surface area contributed by atoms with E-state index >= 15 is 0 Å². The summed E-state index contributed by atoms with van der Waals surface area (Å²) in [5.74, 6) is 1.95. The molecular formula is C23H26N4O4S. The topological polar surface area (TPSA) is 76.2 Å². The summed E-state index contributed by atoms with van der Waals surface area (Å²) in [6, 6.07) is 15.5. The number of methoxy groups -OCH3 is 3. The molecule has 0 bridgehead atoms. The third-order valence-electron chi connectivity index (χ3n) is 5.37. The van der Waals surface area contributed by atoms with Crippen LogP contribution in [0, 0.1) is 0 Å². The van der Waals surface area contributed by atoms with Crippen LogP contribution < -0.4 is 23.8 Å². The first kappa shape index (κ1) is 21.9. The first-order chi connectivity index (χ1) is 15.6. The van der Waals surface area contributed by atoms with Crippen molar-refractivity contribution in [2.75, 3.05) is 57.1 Å². The third kappa shape index (κ3) is 4.77. The Hall–Kier alpha value is -3.33. The number of aromatic nitrogens is 1. The van der Waals surface area contributed by atoms with Crippen molar-refractivity contribution in [1.82, 2.24) is 9.88 Å². The number of hydrogen-bond acceptors (Lipinski definition) is 8. The highest BCUT2D eigenvalue weighted by Crippen LogP contribution is 2.31. The molecule has 32 heavy (non-hydrogen) atoms. The summed E-state index contributed by atoms with van der Waals surface area (Å²) in [7, 11) is 4.85. The van der Waals surface area contributed by atoms with Gasteiger partial charge in [-0.25, -0.2) is 4.98 Å². The summed E-state index contributed by atoms with van der Waals surface area (Å²) in [4.78, 5) is 21.4. The molecule has 8 nitrogen and oxygen atoms in total. The van der Waals surface area contributed by atoms with Crippen LogP contribution in [0.15, 0.2) is 48.5 Å². The second-order valence-electron chi connectivity index (χ2n) is 7.25. The van der Waals surface area contributed by atoms with Gasteiger partial charge in [-0.3, -0.25) is 4.79 Å². The summed E-state index contributed by atoms with van der Waals surface area (Å²) in [6.45, 7) is 2.70. The number of para-hydroxylation sites is 1. The van der Waals surface area contributed by atoms with Crippen LogP contribution in [0.25, 0.3) is 10.9 Å². The van der Waals surface area contributed by atoms with E-state index < -0.39 is 0 Å². The Kier molecular flexibility index (Phi) is 6.75. The second-order valence-corrected chi connectivity index (χ2v) is 8.01. The summed E-state index contributed by atoms with van der Waals surface area (Å²) in [6.07, 6.45) is 0. The van der Waals surface area contributed by atoms with Gasteiger partial charge in [0.25, 0.3) is 0 Å². The molecule has 168 valence electrons. The van der Waals surface area contributed by atoms with E-state index in [0.29, 0.717) is 24.7 Å². The van der Waals surface area contributed by atoms with Crippen LogP contribution in [0.4, 0.5) is 16.2 Å². The van der Waals surface area contributed by atoms with Crippen molar-refractivity contribution in [1.29, 1.82) is 0 Å². The molecule has 0 spiro atoms. The number of carbonyl (C=O) groups is 1. The predicted octanol–water partition coefficient (Wildman–Crippen LogP) is 4.26. The number of hydrogen-bond donors (Lipinski definition) is 1. The summed E-state index contributed by atoms with van der Waals surface area (Å²) >= 11 is 1.04. The zero-order valence-corrected chi connectivity index (χ0v) is 19.1. The lowest BCUT2D eigenvalue weighted by atomic mass is 10.2. The van der Waals surface area contributed by atoms with Gasteiger partial charge in [0.15, 0.2) is 0 Å². The van der Waals surface area contributed by atoms with Crippen molar-refractivity contribution in [3.8, 4) is 17.4 Å². The highest BCUT2D eigenvalue weighted by atomic mass is 32.2. The number of carbonyl (C=O) groups excluding carboxylic acids is 1. The van der Waals surface area contributed by atoms with Crippen LogP contribution in [0.1, 0.15) is 0 Å². The van der Waals surface area contributed by atoms with E-state index in [1.807, 2.05) is 53.4 Å². The fourth-order valence-corrected chi connectivity index (χ4v) is 4.27. The average molecular weight is 455 g/mol. The maximum absolute atomic E-state index is 12.8. The first-order valence-corrected chi connectivity index (χ1v) is 11.1. The number of amides is 1. The Morgan fingerprint density at radius 3 is 2.28 bits per heavy atom. The zero-order chi connectivity index (χ0) is 22.5. The van der Waals surface area contributed by atoms with Crippen LogP contribution >= 0.6 is 11.9 Å². The van der Waals surface area contributed by atoms with Gasteiger partial charge >= 0.3 is 5.24 Å². The number of nitrogens with zero attached hydrogens (tertiary/aromatic N) is 3. The molecule has 0 radical (unpaired) electrons. The molecule has 1 aromatic heterocycles. The maximum Gasteiger partial charge on any atom is 0.302 e. The highest BCUT2D eigenvalue weighted by molar-refractivity contribution is 8.14. The van der Waals surface area contributed by atoms with Gasteiger partial charge in [0, 0.05) is 67.4 Å². The predicted molar refractivity (Wildman–Crippen MR) is 128 cm³/mol. The van der Waals surface area contributed by atoms with Crippen LogP contribution in [0.2, 0.25) is 0 Å². The molecule has 4 rings (SSSR count). The minimum absolute atomic E-state index is 0.0388. The van der Waals surface area contributed by atoms with Gasteiger partial charge in [0.05, 0.1) is 26.8 Å². The SMILES string of the molecule is COc1cc(OC)cc(N2CCN(C(=O)SNc3cc4ccccc4nc3OC)CC2)c1. The molecule has 1 N–H and O–H groups in total. The quantitative estimate of drug-likeness (QED) is 0.554. The number of nitrogens with one attached hydrogen (secondary N) is 1. The van der Waals surface area contributed by atoms with E-state index in [-0.39, 0.29) is 5.24 Å². The fourth-order valence-electron chi connectivity index (χ4n) is 3.61. The van der Waals surface area contributed by atoms with Crippen LogP contribution in [-0.2, 0) is 0 Å². The Bertz CT molecular complexity index is 1080. The largest absolute Gasteiger partial charge is 0.497 e. The van der Waals surface area contributed by atoms with Gasteiger partial charge in [-0.2, -0.15) is 0 Å². The zero-order valence-electron chi connectivity index (χ0n) is 18.3. The molecule has 1 fully saturated rings. The molecule has 1 aliphatic rings. The number of piperazine rings is 1. The van der Waals surface area contributed by atoms with Crippen molar-refractivity contribution < 1.29 is 19.0 Å². The molecule has 0 saturated carbocycles. The lowest BCUT2D eigenvalue weighted by molar-refractivity contribution is 0.219. The van der Waals surface area contributed by atoms with Gasteiger partial charge in [0.2, 0.25) is 5.88 Å². The summed E-state index contributed by atoms with van der Waals surface area (Å²) in [5, 5.41) is 0.939.